The fraction of sp³-hybridized carbons (Fsp3) is 0.250. The normalized spacial score (nSPS) is 12.6. The van der Waals surface area contributed by atoms with Crippen LogP contribution in [0.1, 0.15) is 24.8 Å². The highest BCUT2D eigenvalue weighted by atomic mass is 14.2. The quantitative estimate of drug-likeness (QED) is 0.640. The first-order valence-corrected chi connectivity index (χ1v) is 4.43. The zero-order valence-corrected chi connectivity index (χ0v) is 7.77. The number of hydrogen-bond acceptors (Lipinski definition) is 1. The van der Waals surface area contributed by atoms with Gasteiger partial charge in [-0.25, -0.2) is 0 Å². The van der Waals surface area contributed by atoms with Gasteiger partial charge in [0.2, 0.25) is 0 Å². The molecule has 0 N–H and O–H groups in total. The zero-order chi connectivity index (χ0) is 9.52. The molecule has 0 aliphatic heterocycles. The van der Waals surface area contributed by atoms with E-state index in [1.165, 1.54) is 5.56 Å². The Kier molecular flexibility index (Phi) is 3.78. The maximum atomic E-state index is 8.35. The van der Waals surface area contributed by atoms with Gasteiger partial charge in [0.05, 0.1) is 12.5 Å². The fourth-order valence-corrected chi connectivity index (χ4v) is 1.19. The second-order valence-corrected chi connectivity index (χ2v) is 2.99. The summed E-state index contributed by atoms with van der Waals surface area (Å²) in [7, 11) is 0. The van der Waals surface area contributed by atoms with Gasteiger partial charge in [0, 0.05) is 0 Å². The molecule has 0 heterocycles. The van der Waals surface area contributed by atoms with Crippen molar-refractivity contribution in [2.75, 3.05) is 0 Å². The summed E-state index contributed by atoms with van der Waals surface area (Å²) >= 11 is 0. The van der Waals surface area contributed by atoms with Crippen LogP contribution in [0.2, 0.25) is 0 Å². The molecule has 13 heavy (non-hydrogen) atoms. The van der Waals surface area contributed by atoms with Crippen LogP contribution in [-0.2, 0) is 0 Å². The molecule has 1 unspecified atom stereocenters. The molecule has 1 heteroatoms. The molecule has 1 aromatic rings. The number of rotatable bonds is 3. The highest BCUT2D eigenvalue weighted by Crippen LogP contribution is 2.15. The highest BCUT2D eigenvalue weighted by molar-refractivity contribution is 5.22. The number of benzene rings is 1. The van der Waals surface area contributed by atoms with Gasteiger partial charge in [-0.15, -0.1) is 0 Å². The third kappa shape index (κ3) is 3.13. The molecule has 1 rings (SSSR count). The molecule has 0 aliphatic rings. The highest BCUT2D eigenvalue weighted by Gasteiger charge is 1.97. The van der Waals surface area contributed by atoms with E-state index >= 15 is 0 Å². The van der Waals surface area contributed by atoms with Crippen LogP contribution in [0.4, 0.5) is 0 Å². The van der Waals surface area contributed by atoms with Crippen LogP contribution in [0.5, 0.6) is 0 Å². The summed E-state index contributed by atoms with van der Waals surface area (Å²) < 4.78 is 0. The van der Waals surface area contributed by atoms with Crippen molar-refractivity contribution in [3.63, 3.8) is 0 Å². The van der Waals surface area contributed by atoms with Gasteiger partial charge in [0.15, 0.2) is 0 Å². The summed E-state index contributed by atoms with van der Waals surface area (Å²) in [4.78, 5) is 0. The van der Waals surface area contributed by atoms with Crippen molar-refractivity contribution in [2.45, 2.75) is 19.3 Å². The summed E-state index contributed by atoms with van der Waals surface area (Å²) in [5, 5.41) is 8.35. The lowest BCUT2D eigenvalue weighted by molar-refractivity contribution is 0.962. The molecule has 1 atom stereocenters. The maximum absolute atomic E-state index is 8.35. The smallest absolute Gasteiger partial charge is 0.0663 e. The Bertz CT molecular complexity index is 306. The van der Waals surface area contributed by atoms with E-state index in [0.717, 1.165) is 0 Å². The molecular formula is C12H13N. The fourth-order valence-electron chi connectivity index (χ4n) is 1.19. The first-order chi connectivity index (χ1) is 6.34. The Hall–Kier alpha value is -1.55. The van der Waals surface area contributed by atoms with E-state index in [0.29, 0.717) is 12.3 Å². The van der Waals surface area contributed by atoms with E-state index in [9.17, 15) is 0 Å². The monoisotopic (exact) mass is 171 g/mol. The summed E-state index contributed by atoms with van der Waals surface area (Å²) in [5.74, 6) is 0.398. The molecule has 66 valence electrons. The van der Waals surface area contributed by atoms with E-state index in [1.807, 2.05) is 24.3 Å². The maximum Gasteiger partial charge on any atom is 0.0663 e. The molecule has 0 aliphatic carbocycles. The molecule has 0 saturated carbocycles. The van der Waals surface area contributed by atoms with Gasteiger partial charge in [-0.1, -0.05) is 49.4 Å². The molecule has 0 amide bonds. The van der Waals surface area contributed by atoms with Crippen LogP contribution < -0.4 is 0 Å². The largest absolute Gasteiger partial charge is 0.198 e. The van der Waals surface area contributed by atoms with Crippen LogP contribution in [0.3, 0.4) is 0 Å². The topological polar surface area (TPSA) is 23.8 Å². The minimum atomic E-state index is 0.398. The van der Waals surface area contributed by atoms with Crippen LogP contribution >= 0.6 is 0 Å². The van der Waals surface area contributed by atoms with Gasteiger partial charge in [-0.2, -0.15) is 5.26 Å². The van der Waals surface area contributed by atoms with Crippen LogP contribution in [0.15, 0.2) is 42.5 Å². The second-order valence-electron chi connectivity index (χ2n) is 2.99. The summed E-state index contributed by atoms with van der Waals surface area (Å²) in [6.45, 7) is 2.13. The number of allylic oxidation sites excluding steroid dienone is 2. The molecule has 1 nitrogen and oxygen atoms in total. The molecule has 1 aromatic carbocycles. The van der Waals surface area contributed by atoms with E-state index in [4.69, 9.17) is 5.26 Å². The van der Waals surface area contributed by atoms with Crippen molar-refractivity contribution >= 4 is 0 Å². The lowest BCUT2D eigenvalue weighted by Gasteiger charge is -2.04. The number of nitriles is 1. The Labute approximate surface area is 79.3 Å². The Balaban J connectivity index is 2.60. The predicted molar refractivity (Wildman–Crippen MR) is 54.2 cm³/mol. The van der Waals surface area contributed by atoms with Crippen LogP contribution in [0, 0.1) is 11.3 Å². The molecule has 0 spiro atoms. The van der Waals surface area contributed by atoms with Crippen molar-refractivity contribution in [3.05, 3.63) is 48.0 Å². The first-order valence-electron chi connectivity index (χ1n) is 4.43. The number of hydrogen-bond donors (Lipinski definition) is 0. The van der Waals surface area contributed by atoms with Crippen LogP contribution in [0.25, 0.3) is 0 Å². The van der Waals surface area contributed by atoms with Crippen molar-refractivity contribution in [3.8, 4) is 6.07 Å². The van der Waals surface area contributed by atoms with Gasteiger partial charge < -0.3 is 0 Å². The standard InChI is InChI=1S/C12H13N/c1-11(7-5-6-10-13)12-8-3-2-4-9-12/h2-5,7-9,11H,6H2,1H3/b7-5-. The van der Waals surface area contributed by atoms with Crippen molar-refractivity contribution in [1.29, 1.82) is 5.26 Å². The van der Waals surface area contributed by atoms with E-state index < -0.39 is 0 Å². The lowest BCUT2D eigenvalue weighted by atomic mass is 10.0. The lowest BCUT2D eigenvalue weighted by Crippen LogP contribution is -1.87. The average molecular weight is 171 g/mol. The minimum Gasteiger partial charge on any atom is -0.198 e. The first kappa shape index (κ1) is 9.54. The van der Waals surface area contributed by atoms with Crippen molar-refractivity contribution in [2.24, 2.45) is 0 Å². The number of nitrogens with zero attached hydrogens (tertiary/aromatic N) is 1. The third-order valence-corrected chi connectivity index (χ3v) is 1.96. The van der Waals surface area contributed by atoms with Gasteiger partial charge in [-0.05, 0) is 11.5 Å². The average Bonchev–Trinajstić information content (AvgIpc) is 2.19. The van der Waals surface area contributed by atoms with Gasteiger partial charge in [0.1, 0.15) is 0 Å². The molecule has 0 saturated heterocycles. The summed E-state index contributed by atoms with van der Waals surface area (Å²) in [6.07, 6.45) is 4.48. The Morgan fingerprint density at radius 3 is 2.69 bits per heavy atom. The van der Waals surface area contributed by atoms with E-state index in [1.54, 1.807) is 0 Å². The molecule has 0 bridgehead atoms. The Morgan fingerprint density at radius 1 is 1.38 bits per heavy atom. The predicted octanol–water partition coefficient (Wildman–Crippen LogP) is 3.26. The van der Waals surface area contributed by atoms with Gasteiger partial charge in [0.25, 0.3) is 0 Å². The summed E-state index contributed by atoms with van der Waals surface area (Å²) in [5.41, 5.74) is 1.29. The van der Waals surface area contributed by atoms with E-state index in [2.05, 4.69) is 31.2 Å². The summed E-state index contributed by atoms with van der Waals surface area (Å²) in [6, 6.07) is 12.4. The van der Waals surface area contributed by atoms with E-state index in [-0.39, 0.29) is 0 Å². The van der Waals surface area contributed by atoms with Gasteiger partial charge >= 0.3 is 0 Å². The minimum absolute atomic E-state index is 0.398. The Morgan fingerprint density at radius 2 is 2.08 bits per heavy atom. The molecule has 0 aromatic heterocycles. The molecule has 0 fully saturated rings. The van der Waals surface area contributed by atoms with Crippen LogP contribution in [-0.4, -0.2) is 0 Å². The second kappa shape index (κ2) is 5.16. The van der Waals surface area contributed by atoms with Gasteiger partial charge in [-0.3, -0.25) is 0 Å². The zero-order valence-electron chi connectivity index (χ0n) is 7.77. The third-order valence-electron chi connectivity index (χ3n) is 1.96. The molecule has 0 radical (unpaired) electrons. The van der Waals surface area contributed by atoms with Crippen molar-refractivity contribution in [1.82, 2.24) is 0 Å². The SMILES string of the molecule is CC(/C=C\CC#N)c1ccccc1. The molecular weight excluding hydrogens is 158 g/mol. The van der Waals surface area contributed by atoms with Crippen molar-refractivity contribution < 1.29 is 0 Å².